The van der Waals surface area contributed by atoms with Gasteiger partial charge in [0.1, 0.15) is 11.6 Å². The average Bonchev–Trinajstić information content (AvgIpc) is 2.68. The monoisotopic (exact) mass is 252 g/mol. The molecule has 0 saturated heterocycles. The van der Waals surface area contributed by atoms with Gasteiger partial charge in [0.15, 0.2) is 5.82 Å². The lowest BCUT2D eigenvalue weighted by Gasteiger charge is -2.02. The van der Waals surface area contributed by atoms with Gasteiger partial charge in [-0.05, 0) is 13.0 Å². The molecule has 7 heteroatoms. The number of halogens is 1. The lowest BCUT2D eigenvalue weighted by atomic mass is 10.2. The van der Waals surface area contributed by atoms with Gasteiger partial charge in [-0.2, -0.15) is 0 Å². The summed E-state index contributed by atoms with van der Waals surface area (Å²) in [7, 11) is 0. The van der Waals surface area contributed by atoms with Crippen molar-refractivity contribution in [2.45, 2.75) is 6.92 Å². The molecule has 0 atom stereocenters. The first-order chi connectivity index (χ1) is 8.06. The van der Waals surface area contributed by atoms with Gasteiger partial charge < -0.3 is 15.6 Å². The van der Waals surface area contributed by atoms with Crippen LogP contribution in [0.4, 0.5) is 11.6 Å². The number of nitrogens with zero attached hydrogens (tertiary/aromatic N) is 2. The molecule has 88 valence electrons. The average molecular weight is 253 g/mol. The molecule has 0 unspecified atom stereocenters. The molecule has 2 rings (SSSR count). The molecule has 6 nitrogen and oxygen atoms in total. The van der Waals surface area contributed by atoms with E-state index in [1.807, 2.05) is 0 Å². The van der Waals surface area contributed by atoms with E-state index in [9.17, 15) is 4.79 Å². The Morgan fingerprint density at radius 2 is 2.29 bits per heavy atom. The predicted molar refractivity (Wildman–Crippen MR) is 62.9 cm³/mol. The smallest absolute Gasteiger partial charge is 0.258 e. The minimum Gasteiger partial charge on any atom is -0.382 e. The maximum absolute atomic E-state index is 11.8. The van der Waals surface area contributed by atoms with E-state index in [0.717, 1.165) is 0 Å². The second-order valence-corrected chi connectivity index (χ2v) is 3.78. The van der Waals surface area contributed by atoms with Crippen LogP contribution in [0.5, 0.6) is 0 Å². The molecule has 0 radical (unpaired) electrons. The number of hydrogen-bond acceptors (Lipinski definition) is 5. The van der Waals surface area contributed by atoms with Gasteiger partial charge in [-0.15, -0.1) is 0 Å². The van der Waals surface area contributed by atoms with Crippen molar-refractivity contribution in [2.75, 3.05) is 11.1 Å². The van der Waals surface area contributed by atoms with Crippen LogP contribution < -0.4 is 11.1 Å². The molecule has 1 amide bonds. The molecule has 2 heterocycles. The van der Waals surface area contributed by atoms with Crippen molar-refractivity contribution in [3.05, 3.63) is 34.7 Å². The molecule has 2 aromatic heterocycles. The Hall–Kier alpha value is -2.08. The summed E-state index contributed by atoms with van der Waals surface area (Å²) in [4.78, 5) is 15.5. The van der Waals surface area contributed by atoms with E-state index >= 15 is 0 Å². The third-order valence-corrected chi connectivity index (χ3v) is 2.30. The van der Waals surface area contributed by atoms with E-state index in [1.165, 1.54) is 12.3 Å². The SMILES string of the molecule is Cc1cc(NC(=O)c2cnc(N)c(Cl)c2)no1. The van der Waals surface area contributed by atoms with E-state index in [2.05, 4.69) is 15.5 Å². The highest BCUT2D eigenvalue weighted by Gasteiger charge is 2.10. The summed E-state index contributed by atoms with van der Waals surface area (Å²) in [6.45, 7) is 1.73. The number of hydrogen-bond donors (Lipinski definition) is 2. The topological polar surface area (TPSA) is 94.0 Å². The molecular formula is C10H9ClN4O2. The van der Waals surface area contributed by atoms with E-state index < -0.39 is 0 Å². The largest absolute Gasteiger partial charge is 0.382 e. The zero-order chi connectivity index (χ0) is 12.4. The van der Waals surface area contributed by atoms with E-state index in [-0.39, 0.29) is 16.7 Å². The van der Waals surface area contributed by atoms with Gasteiger partial charge in [-0.25, -0.2) is 4.98 Å². The summed E-state index contributed by atoms with van der Waals surface area (Å²) in [5, 5.41) is 6.41. The highest BCUT2D eigenvalue weighted by atomic mass is 35.5. The molecule has 0 aliphatic heterocycles. The molecule has 2 aromatic rings. The third-order valence-electron chi connectivity index (χ3n) is 2.00. The van der Waals surface area contributed by atoms with E-state index in [1.54, 1.807) is 13.0 Å². The summed E-state index contributed by atoms with van der Waals surface area (Å²) in [6, 6.07) is 3.04. The fourth-order valence-electron chi connectivity index (χ4n) is 1.19. The molecule has 3 N–H and O–H groups in total. The Morgan fingerprint density at radius 3 is 2.88 bits per heavy atom. The van der Waals surface area contributed by atoms with Gasteiger partial charge in [0, 0.05) is 12.3 Å². The van der Waals surface area contributed by atoms with Crippen LogP contribution in [0.2, 0.25) is 5.02 Å². The predicted octanol–water partition coefficient (Wildman–Crippen LogP) is 1.87. The van der Waals surface area contributed by atoms with Crippen molar-refractivity contribution < 1.29 is 9.32 Å². The minimum absolute atomic E-state index is 0.181. The van der Waals surface area contributed by atoms with Gasteiger partial charge >= 0.3 is 0 Å². The summed E-state index contributed by atoms with van der Waals surface area (Å²) in [6.07, 6.45) is 1.34. The first kappa shape index (κ1) is 11.4. The van der Waals surface area contributed by atoms with Crippen molar-refractivity contribution in [1.82, 2.24) is 10.1 Å². The van der Waals surface area contributed by atoms with Gasteiger partial charge in [0.05, 0.1) is 10.6 Å². The molecule has 0 fully saturated rings. The number of rotatable bonds is 2. The van der Waals surface area contributed by atoms with Gasteiger partial charge in [0.25, 0.3) is 5.91 Å². The van der Waals surface area contributed by atoms with Crippen LogP contribution in [0.25, 0.3) is 0 Å². The summed E-state index contributed by atoms with van der Waals surface area (Å²) in [5.74, 6) is 0.738. The number of anilines is 2. The maximum atomic E-state index is 11.8. The van der Waals surface area contributed by atoms with Crippen molar-refractivity contribution in [2.24, 2.45) is 0 Å². The molecule has 0 aromatic carbocycles. The number of carbonyl (C=O) groups excluding carboxylic acids is 1. The van der Waals surface area contributed by atoms with Gasteiger partial charge in [-0.3, -0.25) is 4.79 Å². The first-order valence-electron chi connectivity index (χ1n) is 4.72. The van der Waals surface area contributed by atoms with Crippen molar-refractivity contribution in [3.8, 4) is 0 Å². The second-order valence-electron chi connectivity index (χ2n) is 3.37. The lowest BCUT2D eigenvalue weighted by Crippen LogP contribution is -2.12. The summed E-state index contributed by atoms with van der Waals surface area (Å²) < 4.78 is 4.82. The van der Waals surface area contributed by atoms with Gasteiger partial charge in [-0.1, -0.05) is 16.8 Å². The number of amides is 1. The van der Waals surface area contributed by atoms with Crippen LogP contribution in [0.15, 0.2) is 22.9 Å². The fourth-order valence-corrected chi connectivity index (χ4v) is 1.35. The Labute approximate surface area is 102 Å². The zero-order valence-electron chi connectivity index (χ0n) is 8.90. The Balaban J connectivity index is 2.17. The Bertz CT molecular complexity index is 567. The second kappa shape index (κ2) is 4.42. The third kappa shape index (κ3) is 2.54. The van der Waals surface area contributed by atoms with Gasteiger partial charge in [0.2, 0.25) is 0 Å². The molecule has 0 saturated carbocycles. The lowest BCUT2D eigenvalue weighted by molar-refractivity contribution is 0.102. The van der Waals surface area contributed by atoms with Crippen LogP contribution in [-0.2, 0) is 0 Å². The number of nitrogens with two attached hydrogens (primary N) is 1. The molecule has 0 aliphatic carbocycles. The highest BCUT2D eigenvalue weighted by Crippen LogP contribution is 2.17. The molecule has 0 bridgehead atoms. The van der Waals surface area contributed by atoms with Crippen molar-refractivity contribution in [3.63, 3.8) is 0 Å². The Morgan fingerprint density at radius 1 is 1.53 bits per heavy atom. The van der Waals surface area contributed by atoms with E-state index in [4.69, 9.17) is 21.9 Å². The maximum Gasteiger partial charge on any atom is 0.258 e. The van der Waals surface area contributed by atoms with Crippen LogP contribution in [0.1, 0.15) is 16.1 Å². The summed E-state index contributed by atoms with van der Waals surface area (Å²) >= 11 is 5.76. The fraction of sp³-hybridized carbons (Fsp3) is 0.100. The number of nitrogens with one attached hydrogen (secondary N) is 1. The number of pyridine rings is 1. The molecular weight excluding hydrogens is 244 g/mol. The number of aryl methyl sites for hydroxylation is 1. The van der Waals surface area contributed by atoms with Crippen LogP contribution in [0, 0.1) is 6.92 Å². The molecule has 17 heavy (non-hydrogen) atoms. The molecule has 0 spiro atoms. The normalized spacial score (nSPS) is 10.2. The number of aromatic nitrogens is 2. The van der Waals surface area contributed by atoms with Crippen molar-refractivity contribution in [1.29, 1.82) is 0 Å². The quantitative estimate of drug-likeness (QED) is 0.851. The summed E-state index contributed by atoms with van der Waals surface area (Å²) in [5.41, 5.74) is 5.74. The van der Waals surface area contributed by atoms with Crippen molar-refractivity contribution >= 4 is 29.1 Å². The standard InChI is InChI=1S/C10H9ClN4O2/c1-5-2-8(15-17-5)14-10(16)6-3-7(11)9(12)13-4-6/h2-4H,1H3,(H2,12,13)(H,14,15,16). The van der Waals surface area contributed by atoms with Crippen LogP contribution >= 0.6 is 11.6 Å². The highest BCUT2D eigenvalue weighted by molar-refractivity contribution is 6.33. The first-order valence-corrected chi connectivity index (χ1v) is 5.10. The van der Waals surface area contributed by atoms with Crippen LogP contribution in [-0.4, -0.2) is 16.0 Å². The minimum atomic E-state index is -0.382. The number of nitrogen functional groups attached to an aromatic ring is 1. The number of carbonyl (C=O) groups is 1. The van der Waals surface area contributed by atoms with E-state index in [0.29, 0.717) is 17.1 Å². The molecule has 0 aliphatic rings. The zero-order valence-corrected chi connectivity index (χ0v) is 9.65. The Kier molecular flexibility index (Phi) is 2.97. The van der Waals surface area contributed by atoms with Crippen LogP contribution in [0.3, 0.4) is 0 Å².